The van der Waals surface area contributed by atoms with E-state index in [-0.39, 0.29) is 0 Å². The van der Waals surface area contributed by atoms with E-state index in [0.29, 0.717) is 11.8 Å². The minimum absolute atomic E-state index is 0.534. The predicted octanol–water partition coefficient (Wildman–Crippen LogP) is 3.26. The second-order valence-corrected chi connectivity index (χ2v) is 3.68. The van der Waals surface area contributed by atoms with Crippen LogP contribution in [0, 0.1) is 13.8 Å². The molecule has 0 fully saturated rings. The third-order valence-corrected chi connectivity index (χ3v) is 2.37. The minimum atomic E-state index is 0.534. The topological polar surface area (TPSA) is 67.6 Å². The fraction of sp³-hybridized carbons (Fsp3) is 0.308. The van der Waals surface area contributed by atoms with Gasteiger partial charge in [-0.25, -0.2) is 4.98 Å². The van der Waals surface area contributed by atoms with Crippen molar-refractivity contribution in [2.75, 3.05) is 0 Å². The molecule has 2 aromatic heterocycles. The van der Waals surface area contributed by atoms with E-state index in [9.17, 15) is 0 Å². The summed E-state index contributed by atoms with van der Waals surface area (Å²) in [6, 6.07) is 5.82. The molecule has 0 saturated carbocycles. The first kappa shape index (κ1) is 12.3. The molecule has 0 amide bonds. The van der Waals surface area contributed by atoms with Gasteiger partial charge in [-0.05, 0) is 25.1 Å². The molecule has 0 aliphatic rings. The van der Waals surface area contributed by atoms with Gasteiger partial charge in [0.2, 0.25) is 11.8 Å². The number of H-pyrrole nitrogens is 1. The lowest BCUT2D eigenvalue weighted by Crippen LogP contribution is -1.78. The van der Waals surface area contributed by atoms with E-state index in [0.717, 1.165) is 22.4 Å². The summed E-state index contributed by atoms with van der Waals surface area (Å²) in [7, 11) is 0. The Hall–Kier alpha value is -2.17. The van der Waals surface area contributed by atoms with Gasteiger partial charge in [-0.15, -0.1) is 10.2 Å². The van der Waals surface area contributed by atoms with E-state index in [2.05, 4.69) is 20.2 Å². The van der Waals surface area contributed by atoms with Gasteiger partial charge < -0.3 is 9.40 Å². The SMILES string of the molecule is CC.Cc1nc2ccc(-c3nnc(C)o3)cc2[nH]1. The normalized spacial score (nSPS) is 10.2. The molecule has 2 heterocycles. The van der Waals surface area contributed by atoms with E-state index in [1.54, 1.807) is 6.92 Å². The van der Waals surface area contributed by atoms with Crippen molar-refractivity contribution in [1.82, 2.24) is 20.2 Å². The third kappa shape index (κ3) is 2.25. The summed E-state index contributed by atoms with van der Waals surface area (Å²) in [6.07, 6.45) is 0. The predicted molar refractivity (Wildman–Crippen MR) is 70.2 cm³/mol. The molecule has 0 radical (unpaired) electrons. The Labute approximate surface area is 105 Å². The van der Waals surface area contributed by atoms with Crippen LogP contribution in [0.25, 0.3) is 22.5 Å². The lowest BCUT2D eigenvalue weighted by atomic mass is 10.2. The van der Waals surface area contributed by atoms with Crippen molar-refractivity contribution in [2.45, 2.75) is 27.7 Å². The molecule has 3 aromatic rings. The fourth-order valence-corrected chi connectivity index (χ4v) is 1.68. The van der Waals surface area contributed by atoms with Crippen LogP contribution in [-0.2, 0) is 0 Å². The minimum Gasteiger partial charge on any atom is -0.421 e. The summed E-state index contributed by atoms with van der Waals surface area (Å²) >= 11 is 0. The summed E-state index contributed by atoms with van der Waals surface area (Å²) < 4.78 is 5.37. The zero-order chi connectivity index (χ0) is 13.1. The average Bonchev–Trinajstić information content (AvgIpc) is 2.95. The van der Waals surface area contributed by atoms with Crippen LogP contribution in [0.3, 0.4) is 0 Å². The molecule has 0 aliphatic heterocycles. The maximum atomic E-state index is 5.37. The number of aryl methyl sites for hydroxylation is 2. The van der Waals surface area contributed by atoms with Gasteiger partial charge in [0, 0.05) is 12.5 Å². The molecule has 5 nitrogen and oxygen atoms in total. The number of imidazole rings is 1. The van der Waals surface area contributed by atoms with E-state index >= 15 is 0 Å². The fourth-order valence-electron chi connectivity index (χ4n) is 1.68. The molecule has 0 saturated heterocycles. The molecule has 3 rings (SSSR count). The van der Waals surface area contributed by atoms with Crippen LogP contribution in [0.5, 0.6) is 0 Å². The smallest absolute Gasteiger partial charge is 0.247 e. The molecule has 0 spiro atoms. The van der Waals surface area contributed by atoms with Crippen molar-refractivity contribution in [3.8, 4) is 11.5 Å². The van der Waals surface area contributed by atoms with E-state index in [1.807, 2.05) is 39.0 Å². The standard InChI is InChI=1S/C11H10N4O.C2H6/c1-6-12-9-4-3-8(5-10(9)13-6)11-15-14-7(2)16-11;1-2/h3-5H,1-2H3,(H,12,13);1-2H3. The van der Waals surface area contributed by atoms with Crippen molar-refractivity contribution in [3.63, 3.8) is 0 Å². The van der Waals surface area contributed by atoms with Crippen LogP contribution < -0.4 is 0 Å². The Balaban J connectivity index is 0.000000574. The molecule has 5 heteroatoms. The Kier molecular flexibility index (Phi) is 3.41. The summed E-state index contributed by atoms with van der Waals surface area (Å²) in [4.78, 5) is 7.51. The largest absolute Gasteiger partial charge is 0.421 e. The Morgan fingerprint density at radius 1 is 1.11 bits per heavy atom. The Morgan fingerprint density at radius 2 is 1.89 bits per heavy atom. The highest BCUT2D eigenvalue weighted by atomic mass is 16.4. The number of hydrogen-bond donors (Lipinski definition) is 1. The van der Waals surface area contributed by atoms with Crippen LogP contribution in [-0.4, -0.2) is 20.2 Å². The van der Waals surface area contributed by atoms with Gasteiger partial charge in [0.25, 0.3) is 0 Å². The van der Waals surface area contributed by atoms with E-state index < -0.39 is 0 Å². The van der Waals surface area contributed by atoms with Gasteiger partial charge in [0.15, 0.2) is 0 Å². The lowest BCUT2D eigenvalue weighted by Gasteiger charge is -1.93. The number of fused-ring (bicyclic) bond motifs is 1. The summed E-state index contributed by atoms with van der Waals surface area (Å²) in [5, 5.41) is 7.78. The highest BCUT2D eigenvalue weighted by molar-refractivity contribution is 5.80. The summed E-state index contributed by atoms with van der Waals surface area (Å²) in [5.74, 6) is 2.00. The highest BCUT2D eigenvalue weighted by Gasteiger charge is 2.07. The molecule has 18 heavy (non-hydrogen) atoms. The van der Waals surface area contributed by atoms with E-state index in [4.69, 9.17) is 4.42 Å². The first-order chi connectivity index (χ1) is 8.72. The number of aromatic amines is 1. The number of nitrogens with zero attached hydrogens (tertiary/aromatic N) is 3. The molecule has 94 valence electrons. The number of hydrogen-bond acceptors (Lipinski definition) is 4. The maximum Gasteiger partial charge on any atom is 0.247 e. The highest BCUT2D eigenvalue weighted by Crippen LogP contribution is 2.21. The van der Waals surface area contributed by atoms with Gasteiger partial charge in [0.05, 0.1) is 11.0 Å². The van der Waals surface area contributed by atoms with Crippen LogP contribution >= 0.6 is 0 Å². The van der Waals surface area contributed by atoms with Gasteiger partial charge >= 0.3 is 0 Å². The number of nitrogens with one attached hydrogen (secondary N) is 1. The van der Waals surface area contributed by atoms with Crippen LogP contribution in [0.1, 0.15) is 25.6 Å². The number of rotatable bonds is 1. The summed E-state index contributed by atoms with van der Waals surface area (Å²) in [5.41, 5.74) is 2.82. The molecule has 0 aliphatic carbocycles. The molecule has 1 aromatic carbocycles. The first-order valence-electron chi connectivity index (χ1n) is 5.99. The molecular formula is C13H16N4O. The van der Waals surface area contributed by atoms with Crippen molar-refractivity contribution in [3.05, 3.63) is 29.9 Å². The number of aromatic nitrogens is 4. The van der Waals surface area contributed by atoms with Crippen molar-refractivity contribution >= 4 is 11.0 Å². The summed E-state index contributed by atoms with van der Waals surface area (Å²) in [6.45, 7) is 7.70. The van der Waals surface area contributed by atoms with Crippen LogP contribution in [0.2, 0.25) is 0 Å². The molecule has 0 bridgehead atoms. The zero-order valence-electron chi connectivity index (χ0n) is 11.0. The van der Waals surface area contributed by atoms with Gasteiger partial charge in [-0.1, -0.05) is 13.8 Å². The second kappa shape index (κ2) is 5.00. The Morgan fingerprint density at radius 3 is 2.56 bits per heavy atom. The molecule has 0 unspecified atom stereocenters. The lowest BCUT2D eigenvalue weighted by molar-refractivity contribution is 0.533. The van der Waals surface area contributed by atoms with Gasteiger partial charge in [0.1, 0.15) is 5.82 Å². The first-order valence-corrected chi connectivity index (χ1v) is 5.99. The molecular weight excluding hydrogens is 228 g/mol. The van der Waals surface area contributed by atoms with Gasteiger partial charge in [-0.3, -0.25) is 0 Å². The van der Waals surface area contributed by atoms with Crippen molar-refractivity contribution in [2.24, 2.45) is 0 Å². The van der Waals surface area contributed by atoms with Crippen LogP contribution in [0.4, 0.5) is 0 Å². The molecule has 0 atom stereocenters. The quantitative estimate of drug-likeness (QED) is 0.713. The Bertz CT molecular complexity index is 654. The second-order valence-electron chi connectivity index (χ2n) is 3.68. The zero-order valence-corrected chi connectivity index (χ0v) is 11.0. The van der Waals surface area contributed by atoms with Gasteiger partial charge in [-0.2, -0.15) is 0 Å². The van der Waals surface area contributed by atoms with Crippen LogP contribution in [0.15, 0.2) is 22.6 Å². The maximum absolute atomic E-state index is 5.37. The third-order valence-electron chi connectivity index (χ3n) is 2.37. The average molecular weight is 244 g/mol. The number of benzene rings is 1. The van der Waals surface area contributed by atoms with Crippen molar-refractivity contribution in [1.29, 1.82) is 0 Å². The van der Waals surface area contributed by atoms with Crippen molar-refractivity contribution < 1.29 is 4.42 Å². The molecule has 1 N–H and O–H groups in total. The monoisotopic (exact) mass is 244 g/mol. The van der Waals surface area contributed by atoms with E-state index in [1.165, 1.54) is 0 Å².